The van der Waals surface area contributed by atoms with Crippen molar-refractivity contribution < 1.29 is 25.2 Å². The molecule has 0 aromatic heterocycles. The molecule has 2 atom stereocenters. The van der Waals surface area contributed by atoms with Crippen molar-refractivity contribution in [2.45, 2.75) is 62.7 Å². The number of carbonyl (C=O) groups is 1. The van der Waals surface area contributed by atoms with Crippen LogP contribution < -0.4 is 10.6 Å². The van der Waals surface area contributed by atoms with E-state index >= 15 is 0 Å². The molecule has 1 unspecified atom stereocenters. The number of phenolic OH excluding ortho intramolecular Hbond substituents is 3. The molecule has 0 saturated carbocycles. The Hall–Kier alpha value is -1.45. The highest BCUT2D eigenvalue weighted by Gasteiger charge is 2.17. The van der Waals surface area contributed by atoms with Crippen LogP contribution >= 0.6 is 21.6 Å². The molecule has 0 radical (unpaired) electrons. The number of carboxylic acid groups (broad SMARTS) is 1. The molecule has 0 amide bonds. The van der Waals surface area contributed by atoms with Crippen molar-refractivity contribution in [3.05, 3.63) is 12.1 Å². The van der Waals surface area contributed by atoms with E-state index in [-0.39, 0.29) is 11.5 Å². The van der Waals surface area contributed by atoms with Gasteiger partial charge in [-0.3, -0.25) is 4.79 Å². The first-order valence-corrected chi connectivity index (χ1v) is 12.6. The van der Waals surface area contributed by atoms with Crippen molar-refractivity contribution in [2.75, 3.05) is 24.2 Å². The summed E-state index contributed by atoms with van der Waals surface area (Å²) in [5.74, 6) is -0.854. The van der Waals surface area contributed by atoms with Gasteiger partial charge in [0.15, 0.2) is 17.2 Å². The van der Waals surface area contributed by atoms with Crippen LogP contribution in [-0.2, 0) is 4.79 Å². The lowest BCUT2D eigenvalue weighted by Gasteiger charge is -2.15. The quantitative estimate of drug-likeness (QED) is 0.109. The van der Waals surface area contributed by atoms with Gasteiger partial charge in [0, 0.05) is 35.4 Å². The van der Waals surface area contributed by atoms with Crippen LogP contribution in [0.15, 0.2) is 12.1 Å². The Kier molecular flexibility index (Phi) is 10.7. The number of nitrogens with one attached hydrogen (secondary N) is 2. The van der Waals surface area contributed by atoms with E-state index in [4.69, 9.17) is 0 Å². The van der Waals surface area contributed by atoms with Gasteiger partial charge >= 0.3 is 5.97 Å². The molecule has 1 heterocycles. The first-order valence-electron chi connectivity index (χ1n) is 10.2. The Morgan fingerprint density at radius 2 is 1.79 bits per heavy atom. The zero-order valence-corrected chi connectivity index (χ0v) is 18.2. The molecule has 0 bridgehead atoms. The fourth-order valence-electron chi connectivity index (χ4n) is 3.24. The first-order chi connectivity index (χ1) is 14.0. The van der Waals surface area contributed by atoms with E-state index in [0.29, 0.717) is 18.7 Å². The number of aromatic hydroxyl groups is 3. The molecule has 1 saturated heterocycles. The Morgan fingerprint density at radius 1 is 1.07 bits per heavy atom. The maximum atomic E-state index is 11.4. The lowest BCUT2D eigenvalue weighted by molar-refractivity contribution is -0.139. The highest BCUT2D eigenvalue weighted by molar-refractivity contribution is 8.77. The Labute approximate surface area is 180 Å². The smallest absolute Gasteiger partial charge is 0.320 e. The molecule has 0 aliphatic carbocycles. The van der Waals surface area contributed by atoms with E-state index in [1.807, 2.05) is 21.6 Å². The number of phenols is 3. The van der Waals surface area contributed by atoms with Crippen LogP contribution in [0, 0.1) is 0 Å². The SMILES string of the molecule is O=C(O)C(CCCCNc1cc(O)c(O)c(O)c1)NCCCCC[C@@H]1CCSS1. The average molecular weight is 445 g/mol. The number of rotatable bonds is 14. The number of hydrogen-bond acceptors (Lipinski definition) is 8. The highest BCUT2D eigenvalue weighted by atomic mass is 33.1. The summed E-state index contributed by atoms with van der Waals surface area (Å²) >= 11 is 0. The van der Waals surface area contributed by atoms with E-state index in [0.717, 1.165) is 37.5 Å². The minimum Gasteiger partial charge on any atom is -0.504 e. The molecule has 6 N–H and O–H groups in total. The summed E-state index contributed by atoms with van der Waals surface area (Å²) in [6, 6.07) is 2.14. The fourth-order valence-corrected chi connectivity index (χ4v) is 6.27. The first kappa shape index (κ1) is 23.8. The monoisotopic (exact) mass is 444 g/mol. The lowest BCUT2D eigenvalue weighted by Crippen LogP contribution is -2.37. The lowest BCUT2D eigenvalue weighted by atomic mass is 10.1. The van der Waals surface area contributed by atoms with Crippen molar-refractivity contribution in [3.8, 4) is 17.2 Å². The fraction of sp³-hybridized carbons (Fsp3) is 0.650. The summed E-state index contributed by atoms with van der Waals surface area (Å²) in [5, 5.41) is 44.7. The largest absolute Gasteiger partial charge is 0.504 e. The van der Waals surface area contributed by atoms with Gasteiger partial charge in [-0.2, -0.15) is 0 Å². The molecule has 0 spiro atoms. The average Bonchev–Trinajstić information content (AvgIpc) is 3.20. The van der Waals surface area contributed by atoms with Gasteiger partial charge in [0.05, 0.1) is 0 Å². The van der Waals surface area contributed by atoms with Gasteiger partial charge < -0.3 is 31.1 Å². The van der Waals surface area contributed by atoms with Crippen LogP contribution in [0.25, 0.3) is 0 Å². The number of anilines is 1. The van der Waals surface area contributed by atoms with E-state index in [9.17, 15) is 25.2 Å². The Bertz CT molecular complexity index is 618. The molecule has 2 rings (SSSR count). The van der Waals surface area contributed by atoms with Crippen molar-refractivity contribution in [1.29, 1.82) is 0 Å². The van der Waals surface area contributed by atoms with Gasteiger partial charge in [-0.15, -0.1) is 0 Å². The number of benzene rings is 1. The van der Waals surface area contributed by atoms with E-state index in [2.05, 4.69) is 10.6 Å². The van der Waals surface area contributed by atoms with Crippen molar-refractivity contribution >= 4 is 33.2 Å². The predicted octanol–water partition coefficient (Wildman–Crippen LogP) is 4.14. The minimum atomic E-state index is -0.814. The second kappa shape index (κ2) is 13.0. The normalized spacial score (nSPS) is 17.3. The molecule has 9 heteroatoms. The van der Waals surface area contributed by atoms with Crippen molar-refractivity contribution in [2.24, 2.45) is 0 Å². The number of unbranched alkanes of at least 4 members (excludes halogenated alkanes) is 3. The number of aliphatic carboxylic acids is 1. The number of hydrogen-bond donors (Lipinski definition) is 6. The third-order valence-electron chi connectivity index (χ3n) is 4.94. The van der Waals surface area contributed by atoms with Gasteiger partial charge in [-0.1, -0.05) is 34.4 Å². The maximum Gasteiger partial charge on any atom is 0.320 e. The zero-order valence-electron chi connectivity index (χ0n) is 16.6. The molecule has 1 aromatic carbocycles. The van der Waals surface area contributed by atoms with Gasteiger partial charge in [0.2, 0.25) is 0 Å². The van der Waals surface area contributed by atoms with E-state index in [1.54, 1.807) is 0 Å². The van der Waals surface area contributed by atoms with E-state index < -0.39 is 17.8 Å². The van der Waals surface area contributed by atoms with Crippen LogP contribution in [0.4, 0.5) is 5.69 Å². The Balaban J connectivity index is 1.54. The third-order valence-corrected chi connectivity index (χ3v) is 7.94. The summed E-state index contributed by atoms with van der Waals surface area (Å²) in [6.45, 7) is 1.31. The van der Waals surface area contributed by atoms with Crippen molar-refractivity contribution in [1.82, 2.24) is 5.32 Å². The molecule has 7 nitrogen and oxygen atoms in total. The zero-order chi connectivity index (χ0) is 21.1. The van der Waals surface area contributed by atoms with Crippen LogP contribution in [0.5, 0.6) is 17.2 Å². The van der Waals surface area contributed by atoms with Crippen LogP contribution in [0.1, 0.15) is 51.4 Å². The molecule has 164 valence electrons. The molecule has 1 aliphatic rings. The van der Waals surface area contributed by atoms with Crippen LogP contribution in [0.3, 0.4) is 0 Å². The second-order valence-corrected chi connectivity index (χ2v) is 10.1. The minimum absolute atomic E-state index is 0.386. The molecule has 1 aromatic rings. The summed E-state index contributed by atoms with van der Waals surface area (Å²) in [5.41, 5.74) is 0.500. The molecular weight excluding hydrogens is 412 g/mol. The molecule has 1 aliphatic heterocycles. The summed E-state index contributed by atoms with van der Waals surface area (Å²) < 4.78 is 0. The third kappa shape index (κ3) is 8.84. The van der Waals surface area contributed by atoms with Crippen LogP contribution in [-0.4, -0.2) is 56.5 Å². The van der Waals surface area contributed by atoms with Gasteiger partial charge in [-0.05, 0) is 45.1 Å². The van der Waals surface area contributed by atoms with E-state index in [1.165, 1.54) is 37.1 Å². The molecular formula is C20H32N2O5S2. The van der Waals surface area contributed by atoms with Gasteiger partial charge in [0.25, 0.3) is 0 Å². The van der Waals surface area contributed by atoms with Gasteiger partial charge in [-0.25, -0.2) is 0 Å². The molecule has 29 heavy (non-hydrogen) atoms. The predicted molar refractivity (Wildman–Crippen MR) is 120 cm³/mol. The maximum absolute atomic E-state index is 11.4. The van der Waals surface area contributed by atoms with Crippen LogP contribution in [0.2, 0.25) is 0 Å². The standard InChI is InChI=1S/C20H32N2O5S2/c23-17-12-14(13-18(24)19(17)25)21-9-5-3-7-16(20(26)27)22-10-4-1-2-6-15-8-11-28-29-15/h12-13,15-16,21-25H,1-11H2,(H,26,27)/t15-,16?/m1/s1. The summed E-state index contributed by atoms with van der Waals surface area (Å²) in [4.78, 5) is 11.4. The topological polar surface area (TPSA) is 122 Å². The summed E-state index contributed by atoms with van der Waals surface area (Å²) in [6.07, 6.45) is 7.99. The number of carboxylic acids is 1. The Morgan fingerprint density at radius 3 is 2.45 bits per heavy atom. The van der Waals surface area contributed by atoms with Gasteiger partial charge in [0.1, 0.15) is 6.04 Å². The second-order valence-electron chi connectivity index (χ2n) is 7.31. The summed E-state index contributed by atoms with van der Waals surface area (Å²) in [7, 11) is 3.98. The van der Waals surface area contributed by atoms with Crippen molar-refractivity contribution in [3.63, 3.8) is 0 Å². The highest BCUT2D eigenvalue weighted by Crippen LogP contribution is 2.40. The molecule has 1 fully saturated rings.